The second-order valence-electron chi connectivity index (χ2n) is 8.35. The standard InChI is InChI=1S/C26H29IN4O3S2/c1-3-15-31-21(13-10-17-8-11-18(27)12-9-17)29-30-26(31)35-16-14-22(32)28-24-23(25(33)34-4-2)19-6-5-7-20(19)36-24/h3,8-9,11-12H,1,4-7,10,13-16H2,2H3,(H,28,32). The monoisotopic (exact) mass is 636 g/mol. The lowest BCUT2D eigenvalue weighted by atomic mass is 10.1. The summed E-state index contributed by atoms with van der Waals surface area (Å²) in [4.78, 5) is 26.4. The fourth-order valence-corrected chi connectivity index (χ4v) is 6.72. The molecule has 0 fully saturated rings. The van der Waals surface area contributed by atoms with Crippen LogP contribution in [0, 0.1) is 3.57 Å². The molecule has 0 saturated carbocycles. The topological polar surface area (TPSA) is 86.1 Å². The van der Waals surface area contributed by atoms with Crippen LogP contribution in [0.15, 0.2) is 42.1 Å². The lowest BCUT2D eigenvalue weighted by Gasteiger charge is -2.09. The van der Waals surface area contributed by atoms with Crippen molar-refractivity contribution in [2.75, 3.05) is 17.7 Å². The third-order valence-corrected chi connectivity index (χ3v) is 8.76. The number of halogens is 1. The number of anilines is 1. The van der Waals surface area contributed by atoms with Gasteiger partial charge in [0.1, 0.15) is 10.8 Å². The predicted molar refractivity (Wildman–Crippen MR) is 153 cm³/mol. The van der Waals surface area contributed by atoms with Crippen molar-refractivity contribution >= 4 is 62.6 Å². The quantitative estimate of drug-likeness (QED) is 0.119. The van der Waals surface area contributed by atoms with Crippen LogP contribution in [0.5, 0.6) is 0 Å². The summed E-state index contributed by atoms with van der Waals surface area (Å²) >= 11 is 5.31. The molecule has 0 spiro atoms. The van der Waals surface area contributed by atoms with E-state index in [0.717, 1.165) is 48.6 Å². The van der Waals surface area contributed by atoms with Gasteiger partial charge in [-0.25, -0.2) is 4.79 Å². The Bertz CT molecular complexity index is 1240. The number of thiophene rings is 1. The predicted octanol–water partition coefficient (Wildman–Crippen LogP) is 5.70. The normalized spacial score (nSPS) is 12.4. The van der Waals surface area contributed by atoms with Crippen LogP contribution in [0.1, 0.15) is 52.0 Å². The molecule has 0 bridgehead atoms. The number of carbonyl (C=O) groups excluding carboxylic acids is 2. The molecule has 1 amide bonds. The Kier molecular flexibility index (Phi) is 9.60. The van der Waals surface area contributed by atoms with Crippen LogP contribution in [0.25, 0.3) is 0 Å². The molecule has 0 aliphatic heterocycles. The van der Waals surface area contributed by atoms with E-state index in [4.69, 9.17) is 4.74 Å². The minimum atomic E-state index is -0.350. The van der Waals surface area contributed by atoms with Gasteiger partial charge in [0.05, 0.1) is 12.2 Å². The van der Waals surface area contributed by atoms with E-state index in [2.05, 4.69) is 73.5 Å². The number of nitrogens with zero attached hydrogens (tertiary/aromatic N) is 3. The van der Waals surface area contributed by atoms with Crippen LogP contribution in [-0.2, 0) is 41.8 Å². The first-order chi connectivity index (χ1) is 17.5. The van der Waals surface area contributed by atoms with E-state index in [9.17, 15) is 9.59 Å². The van der Waals surface area contributed by atoms with Crippen molar-refractivity contribution < 1.29 is 14.3 Å². The van der Waals surface area contributed by atoms with Gasteiger partial charge in [-0.3, -0.25) is 4.79 Å². The van der Waals surface area contributed by atoms with Gasteiger partial charge in [0.2, 0.25) is 5.91 Å². The molecule has 1 N–H and O–H groups in total. The van der Waals surface area contributed by atoms with Crippen molar-refractivity contribution in [3.8, 4) is 0 Å². The lowest BCUT2D eigenvalue weighted by Crippen LogP contribution is -2.15. The number of thioether (sulfide) groups is 1. The van der Waals surface area contributed by atoms with Gasteiger partial charge in [0, 0.05) is 33.6 Å². The molecule has 0 unspecified atom stereocenters. The second kappa shape index (κ2) is 12.9. The van der Waals surface area contributed by atoms with Gasteiger partial charge >= 0.3 is 5.97 Å². The van der Waals surface area contributed by atoms with Crippen LogP contribution in [0.4, 0.5) is 5.00 Å². The number of benzene rings is 1. The first kappa shape index (κ1) is 26.9. The maximum absolute atomic E-state index is 12.7. The molecular weight excluding hydrogens is 607 g/mol. The first-order valence-corrected chi connectivity index (χ1v) is 14.9. The molecule has 1 aliphatic carbocycles. The van der Waals surface area contributed by atoms with Crippen molar-refractivity contribution in [3.63, 3.8) is 0 Å². The molecule has 3 aromatic rings. The Balaban J connectivity index is 1.34. The maximum atomic E-state index is 12.7. The number of amides is 1. The smallest absolute Gasteiger partial charge is 0.341 e. The largest absolute Gasteiger partial charge is 0.462 e. The van der Waals surface area contributed by atoms with Gasteiger partial charge in [-0.1, -0.05) is 30.0 Å². The molecule has 0 radical (unpaired) electrons. The number of ether oxygens (including phenoxy) is 1. The van der Waals surface area contributed by atoms with E-state index in [0.29, 0.717) is 35.9 Å². The van der Waals surface area contributed by atoms with Crippen molar-refractivity contribution in [1.82, 2.24) is 14.8 Å². The highest BCUT2D eigenvalue weighted by atomic mass is 127. The van der Waals surface area contributed by atoms with E-state index in [1.54, 1.807) is 6.92 Å². The van der Waals surface area contributed by atoms with E-state index in [1.165, 1.54) is 37.1 Å². The third-order valence-electron chi connectivity index (χ3n) is 5.87. The summed E-state index contributed by atoms with van der Waals surface area (Å²) in [6, 6.07) is 8.49. The summed E-state index contributed by atoms with van der Waals surface area (Å²) in [6.45, 7) is 6.59. The summed E-state index contributed by atoms with van der Waals surface area (Å²) in [7, 11) is 0. The molecule has 190 valence electrons. The van der Waals surface area contributed by atoms with Gasteiger partial charge in [-0.05, 0) is 78.5 Å². The van der Waals surface area contributed by atoms with Gasteiger partial charge < -0.3 is 14.6 Å². The number of rotatable bonds is 12. The molecule has 1 aliphatic rings. The van der Waals surface area contributed by atoms with Crippen LogP contribution in [0.3, 0.4) is 0 Å². The minimum Gasteiger partial charge on any atom is -0.462 e. The Morgan fingerprint density at radius 1 is 1.25 bits per heavy atom. The summed E-state index contributed by atoms with van der Waals surface area (Å²) < 4.78 is 8.53. The fourth-order valence-electron chi connectivity index (χ4n) is 4.17. The maximum Gasteiger partial charge on any atom is 0.341 e. The number of esters is 1. The van der Waals surface area contributed by atoms with E-state index in [-0.39, 0.29) is 11.9 Å². The molecule has 2 aromatic heterocycles. The Morgan fingerprint density at radius 3 is 2.81 bits per heavy atom. The number of hydrogen-bond acceptors (Lipinski definition) is 7. The fraction of sp³-hybridized carbons (Fsp3) is 0.385. The van der Waals surface area contributed by atoms with Crippen LogP contribution >= 0.6 is 45.7 Å². The summed E-state index contributed by atoms with van der Waals surface area (Å²) in [5, 5.41) is 13.1. The zero-order chi connectivity index (χ0) is 25.5. The van der Waals surface area contributed by atoms with Crippen LogP contribution < -0.4 is 5.32 Å². The van der Waals surface area contributed by atoms with Crippen molar-refractivity contribution in [2.24, 2.45) is 0 Å². The van der Waals surface area contributed by atoms with E-state index < -0.39 is 0 Å². The number of aromatic nitrogens is 3. The number of allylic oxidation sites excluding steroid dienone is 1. The number of fused-ring (bicyclic) bond motifs is 1. The van der Waals surface area contributed by atoms with Gasteiger partial charge in [0.25, 0.3) is 0 Å². The average molecular weight is 637 g/mol. The second-order valence-corrected chi connectivity index (χ2v) is 11.8. The molecule has 0 saturated heterocycles. The average Bonchev–Trinajstić information content (AvgIpc) is 3.54. The van der Waals surface area contributed by atoms with Crippen molar-refractivity contribution in [2.45, 2.75) is 57.1 Å². The summed E-state index contributed by atoms with van der Waals surface area (Å²) in [5.74, 6) is 0.990. The third kappa shape index (κ3) is 6.57. The zero-order valence-corrected chi connectivity index (χ0v) is 24.0. The molecule has 7 nitrogen and oxygen atoms in total. The lowest BCUT2D eigenvalue weighted by molar-refractivity contribution is -0.115. The van der Waals surface area contributed by atoms with E-state index >= 15 is 0 Å². The number of hydrogen-bond donors (Lipinski definition) is 1. The molecule has 4 rings (SSSR count). The first-order valence-electron chi connectivity index (χ1n) is 12.0. The molecule has 2 heterocycles. The van der Waals surface area contributed by atoms with Crippen molar-refractivity contribution in [3.05, 3.63) is 67.9 Å². The Hall–Kier alpha value is -2.18. The molecule has 1 aromatic carbocycles. The van der Waals surface area contributed by atoms with E-state index in [1.807, 2.05) is 6.08 Å². The number of nitrogens with one attached hydrogen (secondary N) is 1. The minimum absolute atomic E-state index is 0.123. The van der Waals surface area contributed by atoms with Crippen LogP contribution in [-0.4, -0.2) is 39.0 Å². The zero-order valence-electron chi connectivity index (χ0n) is 20.2. The summed E-state index contributed by atoms with van der Waals surface area (Å²) in [5.41, 5.74) is 2.84. The number of carbonyl (C=O) groups is 2. The highest BCUT2D eigenvalue weighted by Crippen LogP contribution is 2.39. The van der Waals surface area contributed by atoms with Gasteiger partial charge in [0.15, 0.2) is 5.16 Å². The highest BCUT2D eigenvalue weighted by molar-refractivity contribution is 14.1. The molecule has 10 heteroatoms. The molecule has 0 atom stereocenters. The van der Waals surface area contributed by atoms with Gasteiger partial charge in [-0.2, -0.15) is 0 Å². The molecule has 36 heavy (non-hydrogen) atoms. The summed E-state index contributed by atoms with van der Waals surface area (Å²) in [6.07, 6.45) is 6.64. The Labute approximate surface area is 233 Å². The number of aryl methyl sites for hydroxylation is 3. The van der Waals surface area contributed by atoms with Crippen molar-refractivity contribution in [1.29, 1.82) is 0 Å². The van der Waals surface area contributed by atoms with Crippen LogP contribution in [0.2, 0.25) is 0 Å². The highest BCUT2D eigenvalue weighted by Gasteiger charge is 2.28. The molecular formula is C26H29IN4O3S2. The van der Waals surface area contributed by atoms with Gasteiger partial charge in [-0.15, -0.1) is 28.1 Å². The Morgan fingerprint density at radius 2 is 2.06 bits per heavy atom. The SMILES string of the molecule is C=CCn1c(CCc2ccc(I)cc2)nnc1SCCC(=O)Nc1sc2c(c1C(=O)OCC)CCC2.